The SMILES string of the molecule is OC1CN(Cc2nc(Cc3cccc(F)c3)no2)CC12CC2. The number of aliphatic hydroxyl groups excluding tert-OH is 1. The Hall–Kier alpha value is -1.79. The molecular formula is C16H18FN3O2. The Morgan fingerprint density at radius 3 is 3.00 bits per heavy atom. The van der Waals surface area contributed by atoms with Crippen molar-refractivity contribution in [2.45, 2.75) is 31.9 Å². The number of hydrogen-bond acceptors (Lipinski definition) is 5. The van der Waals surface area contributed by atoms with Crippen LogP contribution >= 0.6 is 0 Å². The first-order valence-corrected chi connectivity index (χ1v) is 7.59. The molecule has 2 aromatic rings. The van der Waals surface area contributed by atoms with Gasteiger partial charge in [0.15, 0.2) is 5.82 Å². The van der Waals surface area contributed by atoms with Crippen LogP contribution in [0.2, 0.25) is 0 Å². The lowest BCUT2D eigenvalue weighted by Crippen LogP contribution is -2.21. The second-order valence-electron chi connectivity index (χ2n) is 6.46. The first-order valence-electron chi connectivity index (χ1n) is 7.59. The molecule has 1 saturated heterocycles. The second-order valence-corrected chi connectivity index (χ2v) is 6.46. The zero-order valence-electron chi connectivity index (χ0n) is 12.2. The highest BCUT2D eigenvalue weighted by atomic mass is 19.1. The maximum Gasteiger partial charge on any atom is 0.240 e. The minimum absolute atomic E-state index is 0.129. The molecule has 4 rings (SSSR count). The first kappa shape index (κ1) is 13.8. The number of hydrogen-bond donors (Lipinski definition) is 1. The Morgan fingerprint density at radius 1 is 1.41 bits per heavy atom. The molecule has 2 aliphatic rings. The third-order valence-corrected chi connectivity index (χ3v) is 4.69. The molecule has 0 radical (unpaired) electrons. The van der Waals surface area contributed by atoms with Crippen molar-refractivity contribution in [2.24, 2.45) is 5.41 Å². The standard InChI is InChI=1S/C16H18FN3O2/c17-12-3-1-2-11(6-12)7-14-18-15(22-19-14)9-20-8-13(21)16(10-20)4-5-16/h1-3,6,13,21H,4-5,7-10H2. The summed E-state index contributed by atoms with van der Waals surface area (Å²) < 4.78 is 18.4. The number of nitrogens with zero attached hydrogens (tertiary/aromatic N) is 3. The number of likely N-dealkylation sites (tertiary alicyclic amines) is 1. The Morgan fingerprint density at radius 2 is 2.27 bits per heavy atom. The predicted octanol–water partition coefficient (Wildman–Crippen LogP) is 1.76. The van der Waals surface area contributed by atoms with E-state index in [1.165, 1.54) is 12.1 Å². The molecule has 1 aromatic carbocycles. The van der Waals surface area contributed by atoms with Crippen molar-refractivity contribution in [1.29, 1.82) is 0 Å². The summed E-state index contributed by atoms with van der Waals surface area (Å²) >= 11 is 0. The van der Waals surface area contributed by atoms with Crippen LogP contribution < -0.4 is 0 Å². The largest absolute Gasteiger partial charge is 0.391 e. The smallest absolute Gasteiger partial charge is 0.240 e. The normalized spacial score (nSPS) is 23.3. The van der Waals surface area contributed by atoms with Crippen molar-refractivity contribution in [3.05, 3.63) is 47.4 Å². The fraction of sp³-hybridized carbons (Fsp3) is 0.500. The Bertz CT molecular complexity index is 684. The molecule has 1 aliphatic heterocycles. The van der Waals surface area contributed by atoms with Gasteiger partial charge in [-0.25, -0.2) is 4.39 Å². The lowest BCUT2D eigenvalue weighted by atomic mass is 10.0. The van der Waals surface area contributed by atoms with E-state index in [9.17, 15) is 9.50 Å². The highest BCUT2D eigenvalue weighted by Gasteiger charge is 2.54. The summed E-state index contributed by atoms with van der Waals surface area (Å²) in [6.07, 6.45) is 2.44. The Kier molecular flexibility index (Phi) is 3.23. The molecule has 1 aliphatic carbocycles. The van der Waals surface area contributed by atoms with E-state index in [-0.39, 0.29) is 17.3 Å². The second kappa shape index (κ2) is 5.14. The molecule has 1 spiro atoms. The van der Waals surface area contributed by atoms with Gasteiger partial charge in [-0.1, -0.05) is 17.3 Å². The molecule has 1 aromatic heterocycles. The fourth-order valence-electron chi connectivity index (χ4n) is 3.27. The van der Waals surface area contributed by atoms with Gasteiger partial charge in [-0.3, -0.25) is 4.90 Å². The molecule has 0 bridgehead atoms. The maximum absolute atomic E-state index is 13.2. The van der Waals surface area contributed by atoms with Crippen LogP contribution in [0.3, 0.4) is 0 Å². The van der Waals surface area contributed by atoms with Crippen LogP contribution in [0, 0.1) is 11.2 Å². The molecule has 116 valence electrons. The molecule has 6 heteroatoms. The van der Waals surface area contributed by atoms with Gasteiger partial charge in [0.1, 0.15) is 5.82 Å². The van der Waals surface area contributed by atoms with Crippen molar-refractivity contribution in [3.8, 4) is 0 Å². The minimum atomic E-state index is -0.262. The average molecular weight is 303 g/mol. The van der Waals surface area contributed by atoms with Crippen molar-refractivity contribution >= 4 is 0 Å². The van der Waals surface area contributed by atoms with Gasteiger partial charge >= 0.3 is 0 Å². The van der Waals surface area contributed by atoms with E-state index in [0.717, 1.165) is 24.9 Å². The van der Waals surface area contributed by atoms with Crippen molar-refractivity contribution < 1.29 is 14.0 Å². The van der Waals surface area contributed by atoms with E-state index >= 15 is 0 Å². The quantitative estimate of drug-likeness (QED) is 0.932. The maximum atomic E-state index is 13.2. The molecule has 1 unspecified atom stereocenters. The van der Waals surface area contributed by atoms with Crippen LogP contribution in [0.1, 0.15) is 30.1 Å². The van der Waals surface area contributed by atoms with Gasteiger partial charge in [-0.15, -0.1) is 0 Å². The minimum Gasteiger partial charge on any atom is -0.391 e. The monoisotopic (exact) mass is 303 g/mol. The van der Waals surface area contributed by atoms with E-state index < -0.39 is 0 Å². The molecule has 2 fully saturated rings. The molecule has 22 heavy (non-hydrogen) atoms. The van der Waals surface area contributed by atoms with Crippen LogP contribution in [0.25, 0.3) is 0 Å². The van der Waals surface area contributed by atoms with E-state index in [1.54, 1.807) is 6.07 Å². The van der Waals surface area contributed by atoms with Gasteiger partial charge in [0.2, 0.25) is 5.89 Å². The third-order valence-electron chi connectivity index (χ3n) is 4.69. The van der Waals surface area contributed by atoms with E-state index in [4.69, 9.17) is 4.52 Å². The number of rotatable bonds is 4. The molecule has 0 amide bonds. The molecule has 1 atom stereocenters. The topological polar surface area (TPSA) is 62.4 Å². The van der Waals surface area contributed by atoms with Gasteiger partial charge < -0.3 is 9.63 Å². The zero-order valence-corrected chi connectivity index (χ0v) is 12.2. The summed E-state index contributed by atoms with van der Waals surface area (Å²) in [5, 5.41) is 14.0. The molecular weight excluding hydrogens is 285 g/mol. The van der Waals surface area contributed by atoms with Crippen molar-refractivity contribution in [2.75, 3.05) is 13.1 Å². The lowest BCUT2D eigenvalue weighted by molar-refractivity contribution is 0.130. The fourth-order valence-corrected chi connectivity index (χ4v) is 3.27. The summed E-state index contributed by atoms with van der Waals surface area (Å²) in [7, 11) is 0. The zero-order chi connectivity index (χ0) is 15.2. The van der Waals surface area contributed by atoms with Gasteiger partial charge in [0, 0.05) is 24.9 Å². The summed E-state index contributed by atoms with van der Waals surface area (Å²) in [4.78, 5) is 6.53. The van der Waals surface area contributed by atoms with Gasteiger partial charge in [-0.05, 0) is 30.5 Å². The first-order chi connectivity index (χ1) is 10.6. The van der Waals surface area contributed by atoms with E-state index in [1.807, 2.05) is 6.07 Å². The predicted molar refractivity (Wildman–Crippen MR) is 76.5 cm³/mol. The highest BCUT2D eigenvalue weighted by molar-refractivity contribution is 5.19. The third kappa shape index (κ3) is 2.64. The van der Waals surface area contributed by atoms with E-state index in [0.29, 0.717) is 31.2 Å². The number of benzene rings is 1. The molecule has 5 nitrogen and oxygen atoms in total. The summed E-state index contributed by atoms with van der Waals surface area (Å²) in [5.41, 5.74) is 0.950. The number of halogens is 1. The number of β-amino-alcohol motifs (C(OH)–C–C–N with tert-alkyl or cyclic N) is 1. The van der Waals surface area contributed by atoms with Crippen LogP contribution in [-0.4, -0.2) is 39.3 Å². The highest BCUT2D eigenvalue weighted by Crippen LogP contribution is 2.52. The average Bonchev–Trinajstić information content (AvgIpc) is 3.02. The van der Waals surface area contributed by atoms with Gasteiger partial charge in [-0.2, -0.15) is 4.98 Å². The molecule has 2 heterocycles. The Balaban J connectivity index is 1.39. The molecule has 1 N–H and O–H groups in total. The van der Waals surface area contributed by atoms with Crippen LogP contribution in [0.5, 0.6) is 0 Å². The summed E-state index contributed by atoms with van der Waals surface area (Å²) in [6.45, 7) is 2.13. The summed E-state index contributed by atoms with van der Waals surface area (Å²) in [5.74, 6) is 0.847. The number of aliphatic hydroxyl groups is 1. The Labute approximate surface area is 127 Å². The lowest BCUT2D eigenvalue weighted by Gasteiger charge is -2.11. The van der Waals surface area contributed by atoms with Crippen LogP contribution in [-0.2, 0) is 13.0 Å². The van der Waals surface area contributed by atoms with E-state index in [2.05, 4.69) is 15.0 Å². The number of aromatic nitrogens is 2. The van der Waals surface area contributed by atoms with Crippen LogP contribution in [0.4, 0.5) is 4.39 Å². The van der Waals surface area contributed by atoms with Crippen LogP contribution in [0.15, 0.2) is 28.8 Å². The van der Waals surface area contributed by atoms with Crippen molar-refractivity contribution in [3.63, 3.8) is 0 Å². The van der Waals surface area contributed by atoms with Crippen molar-refractivity contribution in [1.82, 2.24) is 15.0 Å². The molecule has 1 saturated carbocycles. The van der Waals surface area contributed by atoms with Gasteiger partial charge in [0.05, 0.1) is 12.6 Å². The summed E-state index contributed by atoms with van der Waals surface area (Å²) in [6, 6.07) is 6.40. The van der Waals surface area contributed by atoms with Gasteiger partial charge in [0.25, 0.3) is 0 Å².